The lowest BCUT2D eigenvalue weighted by atomic mass is 9.84. The van der Waals surface area contributed by atoms with Gasteiger partial charge in [0.25, 0.3) is 0 Å². The van der Waals surface area contributed by atoms with Crippen LogP contribution in [0.2, 0.25) is 0 Å². The quantitative estimate of drug-likeness (QED) is 0.133. The van der Waals surface area contributed by atoms with E-state index in [1.165, 1.54) is 22.8 Å². The van der Waals surface area contributed by atoms with E-state index in [1.807, 2.05) is 11.8 Å². The van der Waals surface area contributed by atoms with Crippen LogP contribution in [0.1, 0.15) is 47.9 Å². The van der Waals surface area contributed by atoms with Crippen LogP contribution in [0.4, 0.5) is 0 Å². The van der Waals surface area contributed by atoms with E-state index >= 15 is 0 Å². The molecule has 0 radical (unpaired) electrons. The van der Waals surface area contributed by atoms with Gasteiger partial charge in [-0.05, 0) is 65.5 Å². The smallest absolute Gasteiger partial charge is 0.119 e. The van der Waals surface area contributed by atoms with Gasteiger partial charge in [0.15, 0.2) is 0 Å². The van der Waals surface area contributed by atoms with Gasteiger partial charge in [-0.25, -0.2) is 0 Å². The first-order valence-corrected chi connectivity index (χ1v) is 13.0. The zero-order valence-electron chi connectivity index (χ0n) is 19.4. The van der Waals surface area contributed by atoms with Gasteiger partial charge in [0.2, 0.25) is 0 Å². The minimum absolute atomic E-state index is 0.211. The molecule has 0 aliphatic carbocycles. The van der Waals surface area contributed by atoms with Crippen molar-refractivity contribution < 1.29 is 10.2 Å². The molecule has 0 unspecified atom stereocenters. The molecule has 0 heterocycles. The number of unbranched alkanes of at least 4 members (excludes halogenated alkanes) is 3. The fraction of sp³-hybridized carbons (Fsp3) is 0.226. The Labute approximate surface area is 207 Å². The molecule has 0 bridgehead atoms. The number of phenolic OH excluding ortho intramolecular Hbond substituents is 2. The third-order valence-electron chi connectivity index (χ3n) is 6.26. The second-order valence-electron chi connectivity index (χ2n) is 8.60. The highest BCUT2D eigenvalue weighted by atomic mass is 32.2. The maximum Gasteiger partial charge on any atom is 0.119 e. The molecule has 3 heteroatoms. The second kappa shape index (κ2) is 11.8. The van der Waals surface area contributed by atoms with Crippen LogP contribution in [0.3, 0.4) is 0 Å². The van der Waals surface area contributed by atoms with Crippen LogP contribution in [-0.2, 0) is 11.2 Å². The van der Waals surface area contributed by atoms with Crippen LogP contribution in [-0.4, -0.2) is 16.0 Å². The molecule has 4 aromatic carbocycles. The molecule has 2 nitrogen and oxygen atoms in total. The fourth-order valence-corrected chi connectivity index (χ4v) is 6.10. The second-order valence-corrected chi connectivity index (χ2v) is 9.91. The Morgan fingerprint density at radius 1 is 0.559 bits per heavy atom. The number of rotatable bonds is 11. The summed E-state index contributed by atoms with van der Waals surface area (Å²) in [6.45, 7) is 0. The number of hydrogen-bond donors (Lipinski definition) is 2. The lowest BCUT2D eigenvalue weighted by molar-refractivity contribution is 0.452. The molecule has 4 aromatic rings. The SMILES string of the molecule is Oc1ccc(O)c(CCCCCCSC(c2ccccc2)(c2ccccc2)c2ccccc2)c1. The number of hydrogen-bond acceptors (Lipinski definition) is 3. The van der Waals surface area contributed by atoms with Gasteiger partial charge in [-0.2, -0.15) is 0 Å². The van der Waals surface area contributed by atoms with Gasteiger partial charge < -0.3 is 10.2 Å². The largest absolute Gasteiger partial charge is 0.508 e. The average Bonchev–Trinajstić information content (AvgIpc) is 2.89. The van der Waals surface area contributed by atoms with Crippen molar-refractivity contribution in [2.24, 2.45) is 0 Å². The van der Waals surface area contributed by atoms with Crippen LogP contribution < -0.4 is 0 Å². The maximum absolute atomic E-state index is 9.98. The summed E-state index contributed by atoms with van der Waals surface area (Å²) >= 11 is 2.01. The highest BCUT2D eigenvalue weighted by Crippen LogP contribution is 2.48. The molecule has 0 amide bonds. The third kappa shape index (κ3) is 5.66. The molecule has 0 atom stereocenters. The zero-order chi connectivity index (χ0) is 23.6. The van der Waals surface area contributed by atoms with E-state index in [-0.39, 0.29) is 16.2 Å². The predicted molar refractivity (Wildman–Crippen MR) is 144 cm³/mol. The molecule has 34 heavy (non-hydrogen) atoms. The summed E-state index contributed by atoms with van der Waals surface area (Å²) in [4.78, 5) is 0. The van der Waals surface area contributed by atoms with Crippen LogP contribution in [0.25, 0.3) is 0 Å². The van der Waals surface area contributed by atoms with Gasteiger partial charge >= 0.3 is 0 Å². The van der Waals surface area contributed by atoms with Crippen molar-refractivity contribution in [3.63, 3.8) is 0 Å². The summed E-state index contributed by atoms with van der Waals surface area (Å²) in [6, 6.07) is 37.3. The normalized spacial score (nSPS) is 11.4. The summed E-state index contributed by atoms with van der Waals surface area (Å²) in [5.41, 5.74) is 4.73. The van der Waals surface area contributed by atoms with Crippen molar-refractivity contribution in [3.8, 4) is 11.5 Å². The van der Waals surface area contributed by atoms with Gasteiger partial charge in [-0.15, -0.1) is 11.8 Å². The number of aromatic hydroxyl groups is 2. The van der Waals surface area contributed by atoms with Gasteiger partial charge in [0.05, 0.1) is 4.75 Å². The molecule has 174 valence electrons. The Hall–Kier alpha value is -3.17. The first-order valence-electron chi connectivity index (χ1n) is 12.0. The summed E-state index contributed by atoms with van der Waals surface area (Å²) in [5.74, 6) is 1.53. The van der Waals surface area contributed by atoms with E-state index in [0.717, 1.165) is 43.4 Å². The average molecular weight is 469 g/mol. The minimum atomic E-state index is -0.253. The first kappa shape index (κ1) is 24.0. The summed E-state index contributed by atoms with van der Waals surface area (Å²) in [6.07, 6.45) is 5.16. The molecule has 0 aromatic heterocycles. The number of aryl methyl sites for hydroxylation is 1. The van der Waals surface area contributed by atoms with Gasteiger partial charge in [0.1, 0.15) is 11.5 Å². The van der Waals surface area contributed by atoms with E-state index in [9.17, 15) is 10.2 Å². The molecular formula is C31H32O2S. The molecule has 0 spiro atoms. The van der Waals surface area contributed by atoms with E-state index in [4.69, 9.17) is 0 Å². The first-order chi connectivity index (χ1) is 16.7. The standard InChI is InChI=1S/C31H32O2S/c32-29-21-22-30(33)25(24-29)14-6-1-2-13-23-34-31(26-15-7-3-8-16-26,27-17-9-4-10-18-27)28-19-11-5-12-20-28/h3-5,7-12,15-22,24,32-33H,1-2,6,13-14,23H2. The molecule has 0 saturated heterocycles. The summed E-state index contributed by atoms with van der Waals surface area (Å²) < 4.78 is -0.253. The van der Waals surface area contributed by atoms with Crippen LogP contribution in [0.15, 0.2) is 109 Å². The molecule has 0 aliphatic rings. The topological polar surface area (TPSA) is 40.5 Å². The summed E-state index contributed by atoms with van der Waals surface area (Å²) in [5, 5.41) is 19.6. The third-order valence-corrected chi connectivity index (χ3v) is 7.90. The van der Waals surface area contributed by atoms with E-state index in [2.05, 4.69) is 91.0 Å². The molecule has 4 rings (SSSR count). The van der Waals surface area contributed by atoms with Gasteiger partial charge in [-0.1, -0.05) is 104 Å². The van der Waals surface area contributed by atoms with Crippen molar-refractivity contribution in [3.05, 3.63) is 131 Å². The van der Waals surface area contributed by atoms with E-state index in [1.54, 1.807) is 12.1 Å². The minimum Gasteiger partial charge on any atom is -0.508 e. The molecule has 0 saturated carbocycles. The number of phenols is 2. The molecule has 2 N–H and O–H groups in total. The Balaban J connectivity index is 1.45. The zero-order valence-corrected chi connectivity index (χ0v) is 20.3. The highest BCUT2D eigenvalue weighted by Gasteiger charge is 2.36. The molecular weight excluding hydrogens is 436 g/mol. The maximum atomic E-state index is 9.98. The fourth-order valence-electron chi connectivity index (χ4n) is 4.54. The lowest BCUT2D eigenvalue weighted by Gasteiger charge is -2.35. The Bertz CT molecular complexity index is 1050. The highest BCUT2D eigenvalue weighted by molar-refractivity contribution is 8.00. The van der Waals surface area contributed by atoms with Crippen molar-refractivity contribution in [1.82, 2.24) is 0 Å². The Kier molecular flexibility index (Phi) is 8.32. The van der Waals surface area contributed by atoms with Gasteiger partial charge in [-0.3, -0.25) is 0 Å². The molecule has 0 aliphatic heterocycles. The Morgan fingerprint density at radius 3 is 1.59 bits per heavy atom. The van der Waals surface area contributed by atoms with Crippen LogP contribution >= 0.6 is 11.8 Å². The summed E-state index contributed by atoms with van der Waals surface area (Å²) in [7, 11) is 0. The predicted octanol–water partition coefficient (Wildman–Crippen LogP) is 7.93. The Morgan fingerprint density at radius 2 is 1.06 bits per heavy atom. The van der Waals surface area contributed by atoms with Gasteiger partial charge in [0, 0.05) is 0 Å². The van der Waals surface area contributed by atoms with Crippen LogP contribution in [0.5, 0.6) is 11.5 Å². The van der Waals surface area contributed by atoms with Crippen molar-refractivity contribution >= 4 is 11.8 Å². The molecule has 0 fully saturated rings. The monoisotopic (exact) mass is 468 g/mol. The van der Waals surface area contributed by atoms with Crippen LogP contribution in [0, 0.1) is 0 Å². The van der Waals surface area contributed by atoms with Crippen molar-refractivity contribution in [1.29, 1.82) is 0 Å². The number of benzene rings is 4. The number of thioether (sulfide) groups is 1. The van der Waals surface area contributed by atoms with Crippen molar-refractivity contribution in [2.75, 3.05) is 5.75 Å². The lowest BCUT2D eigenvalue weighted by Crippen LogP contribution is -2.26. The van der Waals surface area contributed by atoms with E-state index < -0.39 is 0 Å². The van der Waals surface area contributed by atoms with Crippen molar-refractivity contribution in [2.45, 2.75) is 36.9 Å². The van der Waals surface area contributed by atoms with E-state index in [0.29, 0.717) is 0 Å².